The van der Waals surface area contributed by atoms with Crippen LogP contribution in [0.25, 0.3) is 0 Å². The summed E-state index contributed by atoms with van der Waals surface area (Å²) in [5.74, 6) is -1.89. The van der Waals surface area contributed by atoms with Gasteiger partial charge in [-0.1, -0.05) is 39.8 Å². The van der Waals surface area contributed by atoms with Gasteiger partial charge in [0, 0.05) is 26.9 Å². The largest absolute Gasteiger partial charge is 0.445 e. The van der Waals surface area contributed by atoms with Crippen LogP contribution in [0.4, 0.5) is 4.79 Å². The molecule has 8 aliphatic rings. The second kappa shape index (κ2) is 16.8. The Bertz CT molecular complexity index is 1610. The molecular formula is C44H69NO12S. The van der Waals surface area contributed by atoms with Crippen molar-refractivity contribution in [2.45, 2.75) is 152 Å². The van der Waals surface area contributed by atoms with Crippen molar-refractivity contribution in [3.8, 4) is 0 Å². The van der Waals surface area contributed by atoms with Gasteiger partial charge in [-0.05, 0) is 136 Å². The summed E-state index contributed by atoms with van der Waals surface area (Å²) in [4.78, 5) is 38.0. The van der Waals surface area contributed by atoms with Gasteiger partial charge in [0.2, 0.25) is 0 Å². The van der Waals surface area contributed by atoms with Crippen LogP contribution in [0.5, 0.6) is 0 Å². The molecule has 13 nitrogen and oxygen atoms in total. The second-order valence-electron chi connectivity index (χ2n) is 19.8. The number of amides is 1. The molecule has 0 unspecified atom stereocenters. The van der Waals surface area contributed by atoms with Crippen LogP contribution < -0.4 is 0 Å². The number of aliphatic hydroxyl groups is 2. The van der Waals surface area contributed by atoms with Crippen LogP contribution in [-0.2, 0) is 50.2 Å². The number of fused-ring (bicyclic) bond motifs is 6. The molecule has 2 saturated carbocycles. The molecule has 14 atom stereocenters. The van der Waals surface area contributed by atoms with E-state index in [1.807, 2.05) is 27.7 Å². The number of hydrogen-bond acceptors (Lipinski definition) is 12. The maximum absolute atomic E-state index is 14.2. The van der Waals surface area contributed by atoms with Gasteiger partial charge in [-0.15, -0.1) is 0 Å². The Morgan fingerprint density at radius 1 is 0.776 bits per heavy atom. The average molecular weight is 836 g/mol. The average Bonchev–Trinajstić information content (AvgIpc) is 3.59. The molecule has 0 radical (unpaired) electrons. The Morgan fingerprint density at radius 2 is 1.24 bits per heavy atom. The summed E-state index contributed by atoms with van der Waals surface area (Å²) in [5, 5.41) is 24.4. The molecule has 1 aromatic rings. The van der Waals surface area contributed by atoms with Crippen molar-refractivity contribution in [2.24, 2.45) is 53.3 Å². The molecule has 2 N–H and O–H groups in total. The number of benzene rings is 1. The van der Waals surface area contributed by atoms with Gasteiger partial charge in [0.25, 0.3) is 0 Å². The highest BCUT2D eigenvalue weighted by atomic mass is 32.2. The SMILES string of the molecule is C[C@@H]([C@H](O)CC(C[C@@H](O)[C@H](C)[C@@H]1CC[C@@H](C)[C@@H]2CC[C@]3(C)OC[C@]12OO3)CS(=O)(=O)c1ccc(COC(=O)N(C)C)cc1)[C@@H]1CC[C@@H](C)[C@@H]2CC[C@]3(C)OC[C@]12OO3. The van der Waals surface area contributed by atoms with E-state index in [4.69, 9.17) is 33.8 Å². The first-order valence-electron chi connectivity index (χ1n) is 21.8. The normalized spacial score (nSPS) is 39.9. The molecule has 6 heterocycles. The zero-order valence-corrected chi connectivity index (χ0v) is 36.7. The topological polar surface area (TPSA) is 160 Å². The smallest absolute Gasteiger partial charge is 0.409 e. The van der Waals surface area contributed by atoms with Gasteiger partial charge in [0.1, 0.15) is 17.8 Å². The van der Waals surface area contributed by atoms with Crippen LogP contribution in [0, 0.1) is 53.3 Å². The molecule has 1 aromatic carbocycles. The predicted octanol–water partition coefficient (Wildman–Crippen LogP) is 6.83. The standard InChI is InChI=1S/C44H69NO12S/c1-27-9-15-36(43-25-52-41(5,54-56-43)19-17-34(27)43)29(3)38(46)21-32(24-58(49,50)33-13-11-31(12-14-33)23-51-40(48)45(7)8)22-39(47)30(4)37-16-10-28(2)35-18-20-42(6)53-26-44(35,37)57-55-42/h11-14,27-30,32,34-39,46-47H,9-10,15-26H2,1-8H3/t27-,28-,29-,30-,34+,35+,36+,37+,38-,39-,41-,42-,43-,44-/m1/s1. The molecule has 2 aliphatic carbocycles. The molecule has 0 aromatic heterocycles. The van der Waals surface area contributed by atoms with E-state index in [-0.39, 0.29) is 65.6 Å². The zero-order chi connectivity index (χ0) is 41.8. The molecule has 2 spiro atoms. The van der Waals surface area contributed by atoms with E-state index in [2.05, 4.69) is 13.8 Å². The van der Waals surface area contributed by atoms with Crippen molar-refractivity contribution in [3.63, 3.8) is 0 Å². The summed E-state index contributed by atoms with van der Waals surface area (Å²) in [6.07, 6.45) is 4.99. The maximum Gasteiger partial charge on any atom is 0.409 e. The third-order valence-corrected chi connectivity index (χ3v) is 17.5. The lowest BCUT2D eigenvalue weighted by Gasteiger charge is -2.54. The molecule has 8 fully saturated rings. The van der Waals surface area contributed by atoms with Crippen molar-refractivity contribution < 1.29 is 57.2 Å². The number of carbonyl (C=O) groups excluding carboxylic acids is 1. The Morgan fingerprint density at radius 3 is 1.66 bits per heavy atom. The minimum absolute atomic E-state index is 0.0107. The molecule has 4 bridgehead atoms. The van der Waals surface area contributed by atoms with Crippen molar-refractivity contribution in [1.82, 2.24) is 4.90 Å². The van der Waals surface area contributed by atoms with Gasteiger partial charge >= 0.3 is 6.09 Å². The fourth-order valence-electron chi connectivity index (χ4n) is 11.8. The summed E-state index contributed by atoms with van der Waals surface area (Å²) in [6, 6.07) is 6.37. The van der Waals surface area contributed by atoms with Gasteiger partial charge in [-0.25, -0.2) is 32.8 Å². The van der Waals surface area contributed by atoms with Crippen molar-refractivity contribution in [1.29, 1.82) is 0 Å². The maximum atomic E-state index is 14.2. The molecule has 58 heavy (non-hydrogen) atoms. The summed E-state index contributed by atoms with van der Waals surface area (Å²) in [5.41, 5.74) is -0.759. The Kier molecular flexibility index (Phi) is 12.8. The number of nitrogens with zero attached hydrogens (tertiary/aromatic N) is 1. The molecule has 6 saturated heterocycles. The predicted molar refractivity (Wildman–Crippen MR) is 213 cm³/mol. The fourth-order valence-corrected chi connectivity index (χ4v) is 13.5. The Hall–Kier alpha value is -1.88. The first-order chi connectivity index (χ1) is 27.3. The number of carbonyl (C=O) groups is 1. The van der Waals surface area contributed by atoms with Crippen molar-refractivity contribution in [3.05, 3.63) is 29.8 Å². The monoisotopic (exact) mass is 835 g/mol. The lowest BCUT2D eigenvalue weighted by atomic mass is 9.58. The summed E-state index contributed by atoms with van der Waals surface area (Å²) < 4.78 is 46.4. The number of ether oxygens (including phenoxy) is 3. The highest BCUT2D eigenvalue weighted by Crippen LogP contribution is 2.57. The molecule has 1 amide bonds. The van der Waals surface area contributed by atoms with Crippen molar-refractivity contribution in [2.75, 3.05) is 33.1 Å². The molecular weight excluding hydrogens is 767 g/mol. The van der Waals surface area contributed by atoms with E-state index in [0.717, 1.165) is 51.4 Å². The van der Waals surface area contributed by atoms with Crippen LogP contribution in [0.1, 0.15) is 111 Å². The Labute approximate surface area is 345 Å². The Balaban J connectivity index is 1.12. The van der Waals surface area contributed by atoms with E-state index in [0.29, 0.717) is 30.6 Å². The quantitative estimate of drug-likeness (QED) is 0.200. The molecule has 6 aliphatic heterocycles. The summed E-state index contributed by atoms with van der Waals surface area (Å²) in [6.45, 7) is 13.2. The van der Waals surface area contributed by atoms with Crippen LogP contribution in [0.2, 0.25) is 0 Å². The molecule has 9 rings (SSSR count). The number of rotatable bonds is 13. The van der Waals surface area contributed by atoms with E-state index in [1.54, 1.807) is 26.2 Å². The van der Waals surface area contributed by atoms with Gasteiger partial charge < -0.3 is 29.3 Å². The van der Waals surface area contributed by atoms with Crippen LogP contribution in [0.15, 0.2) is 29.2 Å². The van der Waals surface area contributed by atoms with Gasteiger partial charge in [0.05, 0.1) is 36.1 Å². The second-order valence-corrected chi connectivity index (χ2v) is 21.8. The first kappa shape index (κ1) is 44.2. The lowest BCUT2D eigenvalue weighted by Crippen LogP contribution is -2.61. The third-order valence-electron chi connectivity index (χ3n) is 15.6. The fraction of sp³-hybridized carbons (Fsp3) is 0.841. The van der Waals surface area contributed by atoms with Crippen LogP contribution >= 0.6 is 0 Å². The van der Waals surface area contributed by atoms with E-state index < -0.39 is 56.8 Å². The number of aliphatic hydroxyl groups excluding tert-OH is 2. The molecule has 328 valence electrons. The zero-order valence-electron chi connectivity index (χ0n) is 35.9. The highest BCUT2D eigenvalue weighted by Gasteiger charge is 2.63. The van der Waals surface area contributed by atoms with E-state index in [1.165, 1.54) is 17.0 Å². The first-order valence-corrected chi connectivity index (χ1v) is 23.5. The van der Waals surface area contributed by atoms with E-state index in [9.17, 15) is 23.4 Å². The van der Waals surface area contributed by atoms with Gasteiger partial charge in [0.15, 0.2) is 21.4 Å². The lowest BCUT2D eigenvalue weighted by molar-refractivity contribution is -0.517. The van der Waals surface area contributed by atoms with Gasteiger partial charge in [-0.2, -0.15) is 0 Å². The minimum Gasteiger partial charge on any atom is -0.445 e. The van der Waals surface area contributed by atoms with Crippen molar-refractivity contribution >= 4 is 15.9 Å². The third kappa shape index (κ3) is 8.49. The van der Waals surface area contributed by atoms with Crippen LogP contribution in [0.3, 0.4) is 0 Å². The van der Waals surface area contributed by atoms with Gasteiger partial charge in [-0.3, -0.25) is 0 Å². The summed E-state index contributed by atoms with van der Waals surface area (Å²) in [7, 11) is -0.687. The number of sulfone groups is 1. The molecule has 14 heteroatoms. The summed E-state index contributed by atoms with van der Waals surface area (Å²) >= 11 is 0. The minimum atomic E-state index is -3.88. The van der Waals surface area contributed by atoms with Crippen LogP contribution in [-0.4, -0.2) is 97.7 Å². The number of hydrogen-bond donors (Lipinski definition) is 2. The van der Waals surface area contributed by atoms with E-state index >= 15 is 0 Å². The highest BCUT2D eigenvalue weighted by molar-refractivity contribution is 7.91.